The molecule has 0 radical (unpaired) electrons. The number of nitrogens with zero attached hydrogens (tertiary/aromatic N) is 3. The van der Waals surface area contributed by atoms with Crippen LogP contribution in [0.1, 0.15) is 29.2 Å². The van der Waals surface area contributed by atoms with Gasteiger partial charge in [-0.05, 0) is 12.8 Å². The average molecular weight is 321 g/mol. The smallest absolute Gasteiger partial charge is 0.330 e. The van der Waals surface area contributed by atoms with Crippen molar-refractivity contribution in [2.45, 2.75) is 24.0 Å². The van der Waals surface area contributed by atoms with Crippen molar-refractivity contribution in [2.75, 3.05) is 11.5 Å². The second-order valence-corrected chi connectivity index (χ2v) is 6.10. The minimum Gasteiger partial charge on any atom is -0.384 e. The molecule has 1 aliphatic carbocycles. The number of aryl methyl sites for hydroxylation is 1. The van der Waals surface area contributed by atoms with Gasteiger partial charge in [0.15, 0.2) is 10.9 Å². The van der Waals surface area contributed by atoms with Crippen LogP contribution >= 0.6 is 11.8 Å². The number of hydrogen-bond acceptors (Lipinski definition) is 6. The van der Waals surface area contributed by atoms with E-state index in [9.17, 15) is 14.4 Å². The SMILES string of the molecule is Cn1ccnc1SCC(=O)c1c(N)n(C2CC2)c(=O)[nH]c1=O. The highest BCUT2D eigenvalue weighted by Crippen LogP contribution is 2.35. The molecule has 0 bridgehead atoms. The summed E-state index contributed by atoms with van der Waals surface area (Å²) < 4.78 is 3.08. The molecular formula is C13H15N5O3S. The van der Waals surface area contributed by atoms with Crippen LogP contribution in [0.4, 0.5) is 5.82 Å². The summed E-state index contributed by atoms with van der Waals surface area (Å²) in [6.07, 6.45) is 5.04. The number of rotatable bonds is 5. The number of aromatic amines is 1. The second kappa shape index (κ2) is 5.48. The molecule has 1 aliphatic rings. The first-order valence-electron chi connectivity index (χ1n) is 6.76. The molecule has 2 heterocycles. The number of anilines is 1. The van der Waals surface area contributed by atoms with E-state index in [2.05, 4.69) is 9.97 Å². The summed E-state index contributed by atoms with van der Waals surface area (Å²) >= 11 is 1.21. The van der Waals surface area contributed by atoms with Crippen LogP contribution in [0, 0.1) is 0 Å². The zero-order valence-electron chi connectivity index (χ0n) is 11.9. The molecule has 0 atom stereocenters. The summed E-state index contributed by atoms with van der Waals surface area (Å²) in [5.41, 5.74) is 4.46. The summed E-state index contributed by atoms with van der Waals surface area (Å²) in [5, 5.41) is 0.666. The van der Waals surface area contributed by atoms with Gasteiger partial charge in [-0.2, -0.15) is 0 Å². The van der Waals surface area contributed by atoms with Crippen LogP contribution in [0.15, 0.2) is 27.1 Å². The highest BCUT2D eigenvalue weighted by Gasteiger charge is 2.30. The molecule has 0 unspecified atom stereocenters. The van der Waals surface area contributed by atoms with Crippen molar-refractivity contribution in [3.05, 3.63) is 38.8 Å². The number of nitrogens with one attached hydrogen (secondary N) is 1. The average Bonchev–Trinajstić information content (AvgIpc) is 3.18. The van der Waals surface area contributed by atoms with Gasteiger partial charge in [0, 0.05) is 25.5 Å². The van der Waals surface area contributed by atoms with Crippen LogP contribution < -0.4 is 17.0 Å². The lowest BCUT2D eigenvalue weighted by atomic mass is 10.2. The van der Waals surface area contributed by atoms with Gasteiger partial charge in [0.1, 0.15) is 11.4 Å². The van der Waals surface area contributed by atoms with E-state index in [0.717, 1.165) is 12.8 Å². The van der Waals surface area contributed by atoms with E-state index in [1.807, 2.05) is 7.05 Å². The predicted molar refractivity (Wildman–Crippen MR) is 82.3 cm³/mol. The van der Waals surface area contributed by atoms with Crippen molar-refractivity contribution >= 4 is 23.4 Å². The molecule has 116 valence electrons. The summed E-state index contributed by atoms with van der Waals surface area (Å²) in [4.78, 5) is 42.3. The van der Waals surface area contributed by atoms with Crippen molar-refractivity contribution in [3.8, 4) is 0 Å². The van der Waals surface area contributed by atoms with E-state index < -0.39 is 17.0 Å². The molecular weight excluding hydrogens is 306 g/mol. The molecule has 9 heteroatoms. The molecule has 3 N–H and O–H groups in total. The molecule has 2 aromatic rings. The predicted octanol–water partition coefficient (Wildman–Crippen LogP) is 0.162. The standard InChI is InChI=1S/C13H15N5O3S/c1-17-5-4-15-13(17)22-6-8(19)9-10(14)18(7-2-3-7)12(21)16-11(9)20/h4-5,7H,2-3,6,14H2,1H3,(H,16,20,21). The number of imidazole rings is 1. The number of aromatic nitrogens is 4. The van der Waals surface area contributed by atoms with Crippen LogP contribution in [0.5, 0.6) is 0 Å². The Hall–Kier alpha value is -2.29. The van der Waals surface area contributed by atoms with E-state index in [-0.39, 0.29) is 23.2 Å². The Kier molecular flexibility index (Phi) is 3.65. The lowest BCUT2D eigenvalue weighted by Crippen LogP contribution is -2.36. The summed E-state index contributed by atoms with van der Waals surface area (Å²) in [5.74, 6) is -0.427. The molecule has 1 saturated carbocycles. The fourth-order valence-electron chi connectivity index (χ4n) is 2.22. The number of H-pyrrole nitrogens is 1. The van der Waals surface area contributed by atoms with Crippen LogP contribution in [0.2, 0.25) is 0 Å². The Bertz CT molecular complexity index is 846. The lowest BCUT2D eigenvalue weighted by molar-refractivity contribution is 0.102. The Morgan fingerprint density at radius 1 is 1.50 bits per heavy atom. The minimum absolute atomic E-state index is 0.0157. The van der Waals surface area contributed by atoms with Crippen molar-refractivity contribution in [1.82, 2.24) is 19.1 Å². The van der Waals surface area contributed by atoms with Gasteiger partial charge in [-0.15, -0.1) is 0 Å². The van der Waals surface area contributed by atoms with Crippen LogP contribution in [0.3, 0.4) is 0 Å². The molecule has 22 heavy (non-hydrogen) atoms. The fraction of sp³-hybridized carbons (Fsp3) is 0.385. The van der Waals surface area contributed by atoms with Gasteiger partial charge in [0.2, 0.25) is 0 Å². The fourth-order valence-corrected chi connectivity index (χ4v) is 3.03. The van der Waals surface area contributed by atoms with Gasteiger partial charge < -0.3 is 10.3 Å². The van der Waals surface area contributed by atoms with E-state index in [1.54, 1.807) is 17.0 Å². The number of Topliss-reactive ketones (excluding diaryl/α,β-unsaturated/α-hetero) is 1. The number of thioether (sulfide) groups is 1. The van der Waals surface area contributed by atoms with Crippen LogP contribution in [0.25, 0.3) is 0 Å². The molecule has 1 fully saturated rings. The maximum Gasteiger partial charge on any atom is 0.330 e. The van der Waals surface area contributed by atoms with E-state index in [4.69, 9.17) is 5.73 Å². The Labute approximate surface area is 129 Å². The van der Waals surface area contributed by atoms with Crippen molar-refractivity contribution < 1.29 is 4.79 Å². The van der Waals surface area contributed by atoms with Crippen LogP contribution in [-0.2, 0) is 7.05 Å². The first-order chi connectivity index (χ1) is 10.5. The molecule has 0 spiro atoms. The van der Waals surface area contributed by atoms with Gasteiger partial charge in [0.05, 0.1) is 5.75 Å². The summed E-state index contributed by atoms with van der Waals surface area (Å²) in [6, 6.07) is -0.0157. The molecule has 8 nitrogen and oxygen atoms in total. The number of carbonyl (C=O) groups is 1. The summed E-state index contributed by atoms with van der Waals surface area (Å²) in [7, 11) is 1.81. The van der Waals surface area contributed by atoms with Crippen molar-refractivity contribution in [1.29, 1.82) is 0 Å². The quantitative estimate of drug-likeness (QED) is 0.599. The maximum absolute atomic E-state index is 12.3. The largest absolute Gasteiger partial charge is 0.384 e. The van der Waals surface area contributed by atoms with E-state index in [0.29, 0.717) is 5.16 Å². The van der Waals surface area contributed by atoms with Gasteiger partial charge >= 0.3 is 5.69 Å². The highest BCUT2D eigenvalue weighted by molar-refractivity contribution is 7.99. The molecule has 0 aliphatic heterocycles. The van der Waals surface area contributed by atoms with Crippen molar-refractivity contribution in [3.63, 3.8) is 0 Å². The topological polar surface area (TPSA) is 116 Å². The number of nitrogen functional groups attached to an aromatic ring is 1. The number of hydrogen-bond donors (Lipinski definition) is 2. The highest BCUT2D eigenvalue weighted by atomic mass is 32.2. The molecule has 0 amide bonds. The van der Waals surface area contributed by atoms with Gasteiger partial charge in [0.25, 0.3) is 5.56 Å². The first-order valence-corrected chi connectivity index (χ1v) is 7.75. The zero-order chi connectivity index (χ0) is 15.9. The second-order valence-electron chi connectivity index (χ2n) is 5.15. The third-order valence-corrected chi connectivity index (χ3v) is 4.54. The Morgan fingerprint density at radius 2 is 2.23 bits per heavy atom. The number of ketones is 1. The lowest BCUT2D eigenvalue weighted by Gasteiger charge is -2.10. The van der Waals surface area contributed by atoms with Gasteiger partial charge in [-0.1, -0.05) is 11.8 Å². The normalized spacial score (nSPS) is 14.2. The first kappa shape index (κ1) is 14.6. The van der Waals surface area contributed by atoms with Gasteiger partial charge in [-0.3, -0.25) is 19.1 Å². The van der Waals surface area contributed by atoms with E-state index in [1.165, 1.54) is 16.3 Å². The number of carbonyl (C=O) groups excluding carboxylic acids is 1. The monoisotopic (exact) mass is 321 g/mol. The van der Waals surface area contributed by atoms with E-state index >= 15 is 0 Å². The third kappa shape index (κ3) is 2.59. The van der Waals surface area contributed by atoms with Crippen LogP contribution in [-0.4, -0.2) is 30.6 Å². The maximum atomic E-state index is 12.3. The van der Waals surface area contributed by atoms with Gasteiger partial charge in [-0.25, -0.2) is 9.78 Å². The molecule has 2 aromatic heterocycles. The van der Waals surface area contributed by atoms with Crippen molar-refractivity contribution in [2.24, 2.45) is 7.05 Å². The number of nitrogens with two attached hydrogens (primary N) is 1. The third-order valence-electron chi connectivity index (χ3n) is 3.48. The Morgan fingerprint density at radius 3 is 2.82 bits per heavy atom. The molecule has 3 rings (SSSR count). The zero-order valence-corrected chi connectivity index (χ0v) is 12.7. The Balaban J connectivity index is 1.89. The minimum atomic E-state index is -0.732. The molecule has 0 saturated heterocycles. The summed E-state index contributed by atoms with van der Waals surface area (Å²) in [6.45, 7) is 0. The molecule has 0 aromatic carbocycles.